The van der Waals surface area contributed by atoms with Crippen LogP contribution in [0, 0.1) is 5.92 Å². The van der Waals surface area contributed by atoms with E-state index in [1.165, 1.54) is 14.2 Å². The molecule has 0 saturated carbocycles. The summed E-state index contributed by atoms with van der Waals surface area (Å²) >= 11 is 6.44. The number of ether oxygens (including phenoxy) is 4. The highest BCUT2D eigenvalue weighted by molar-refractivity contribution is 6.31. The van der Waals surface area contributed by atoms with Gasteiger partial charge in [0.25, 0.3) is 0 Å². The molecule has 2 atom stereocenters. The summed E-state index contributed by atoms with van der Waals surface area (Å²) in [4.78, 5) is 30.2. The van der Waals surface area contributed by atoms with Gasteiger partial charge in [0.2, 0.25) is 0 Å². The zero-order chi connectivity index (χ0) is 21.4. The first-order valence-electron chi connectivity index (χ1n) is 9.24. The van der Waals surface area contributed by atoms with E-state index in [2.05, 4.69) is 4.99 Å². The van der Waals surface area contributed by atoms with Crippen LogP contribution in [0.4, 0.5) is 0 Å². The maximum Gasteiger partial charge on any atom is 0.336 e. The highest BCUT2D eigenvalue weighted by Crippen LogP contribution is 2.42. The Hall–Kier alpha value is -2.22. The molecule has 7 nitrogen and oxygen atoms in total. The maximum atomic E-state index is 12.9. The van der Waals surface area contributed by atoms with Crippen LogP contribution in [0.25, 0.3) is 0 Å². The van der Waals surface area contributed by atoms with Crippen LogP contribution in [0.1, 0.15) is 25.3 Å². The lowest BCUT2D eigenvalue weighted by molar-refractivity contribution is -0.148. The van der Waals surface area contributed by atoms with Crippen molar-refractivity contribution in [2.45, 2.75) is 19.8 Å². The fourth-order valence-electron chi connectivity index (χ4n) is 3.28. The van der Waals surface area contributed by atoms with Crippen LogP contribution in [-0.2, 0) is 28.5 Å². The van der Waals surface area contributed by atoms with E-state index >= 15 is 0 Å². The number of allylic oxidation sites excluding steroid dienone is 1. The van der Waals surface area contributed by atoms with E-state index in [-0.39, 0.29) is 32.0 Å². The van der Waals surface area contributed by atoms with Gasteiger partial charge in [0.05, 0.1) is 18.8 Å². The lowest BCUT2D eigenvalue weighted by atomic mass is 9.75. The molecule has 1 heterocycles. The number of methoxy groups -OCH3 is 2. The number of aliphatic imine (C=N–C) groups is 1. The van der Waals surface area contributed by atoms with Gasteiger partial charge in [-0.05, 0) is 25.5 Å². The number of hydrogen-bond acceptors (Lipinski definition) is 7. The number of halogens is 1. The van der Waals surface area contributed by atoms with Crippen molar-refractivity contribution >= 4 is 29.3 Å². The largest absolute Gasteiger partial charge is 0.463 e. The second-order valence-corrected chi connectivity index (χ2v) is 6.93. The molecule has 158 valence electrons. The van der Waals surface area contributed by atoms with Gasteiger partial charge in [-0.25, -0.2) is 4.79 Å². The first-order valence-corrected chi connectivity index (χ1v) is 9.62. The van der Waals surface area contributed by atoms with Crippen LogP contribution in [0.2, 0.25) is 5.02 Å². The Labute approximate surface area is 175 Å². The van der Waals surface area contributed by atoms with Crippen LogP contribution < -0.4 is 0 Å². The van der Waals surface area contributed by atoms with Crippen LogP contribution in [-0.4, -0.2) is 58.3 Å². The molecule has 0 N–H and O–H groups in total. The molecule has 0 amide bonds. The number of carbonyl (C=O) groups is 2. The normalized spacial score (nSPS) is 19.0. The predicted octanol–water partition coefficient (Wildman–Crippen LogP) is 3.17. The number of rotatable bonds is 9. The number of benzene rings is 1. The molecular formula is C21H26ClNO6. The van der Waals surface area contributed by atoms with Gasteiger partial charge in [-0.2, -0.15) is 0 Å². The number of hydrogen-bond donors (Lipinski definition) is 0. The minimum absolute atomic E-state index is 0.0903. The zero-order valence-corrected chi connectivity index (χ0v) is 17.8. The molecule has 2 unspecified atom stereocenters. The van der Waals surface area contributed by atoms with Crippen molar-refractivity contribution in [3.8, 4) is 0 Å². The van der Waals surface area contributed by atoms with Gasteiger partial charge < -0.3 is 18.9 Å². The molecule has 1 aromatic rings. The monoisotopic (exact) mass is 423 g/mol. The SMILES string of the molecule is COCCOC(=O)C1=C(C)N=C(C)C(C(=O)OCCOC)C1c1ccccc1Cl. The lowest BCUT2D eigenvalue weighted by Crippen LogP contribution is -2.37. The quantitative estimate of drug-likeness (QED) is 0.448. The van der Waals surface area contributed by atoms with Crippen molar-refractivity contribution in [1.82, 2.24) is 0 Å². The predicted molar refractivity (Wildman–Crippen MR) is 109 cm³/mol. The van der Waals surface area contributed by atoms with Crippen LogP contribution in [0.5, 0.6) is 0 Å². The third-order valence-corrected chi connectivity index (χ3v) is 4.94. The summed E-state index contributed by atoms with van der Waals surface area (Å²) < 4.78 is 20.6. The molecule has 0 fully saturated rings. The third kappa shape index (κ3) is 5.65. The summed E-state index contributed by atoms with van der Waals surface area (Å²) in [5.41, 5.74) is 1.95. The zero-order valence-electron chi connectivity index (χ0n) is 17.1. The van der Waals surface area contributed by atoms with Crippen molar-refractivity contribution in [2.75, 3.05) is 40.6 Å². The number of esters is 2. The van der Waals surface area contributed by atoms with E-state index in [9.17, 15) is 9.59 Å². The molecule has 0 bridgehead atoms. The molecule has 8 heteroatoms. The Morgan fingerprint density at radius 2 is 1.62 bits per heavy atom. The standard InChI is InChI=1S/C21H26ClNO6/c1-13-17(20(24)28-11-9-26-3)19(15-7-5-6-8-16(15)22)18(14(2)23-13)21(25)29-12-10-27-4/h5-8,17,19H,9-12H2,1-4H3. The number of carbonyl (C=O) groups excluding carboxylic acids is 2. The van der Waals surface area contributed by atoms with Gasteiger partial charge in [0.1, 0.15) is 19.1 Å². The Kier molecular flexibility index (Phi) is 8.82. The lowest BCUT2D eigenvalue weighted by Gasteiger charge is -2.32. The topological polar surface area (TPSA) is 83.4 Å². The third-order valence-electron chi connectivity index (χ3n) is 4.59. The fraction of sp³-hybridized carbons (Fsp3) is 0.476. The minimum Gasteiger partial charge on any atom is -0.463 e. The van der Waals surface area contributed by atoms with E-state index in [0.717, 1.165) is 0 Å². The summed E-state index contributed by atoms with van der Waals surface area (Å²) in [6.45, 7) is 4.18. The van der Waals surface area contributed by atoms with Gasteiger partial charge in [-0.1, -0.05) is 29.8 Å². The fourth-order valence-corrected chi connectivity index (χ4v) is 3.54. The van der Waals surface area contributed by atoms with Crippen molar-refractivity contribution in [2.24, 2.45) is 10.9 Å². The molecule has 1 aromatic carbocycles. The van der Waals surface area contributed by atoms with Crippen molar-refractivity contribution < 1.29 is 28.5 Å². The molecule has 1 aliphatic heterocycles. The van der Waals surface area contributed by atoms with Crippen LogP contribution >= 0.6 is 11.6 Å². The first kappa shape index (κ1) is 23.1. The van der Waals surface area contributed by atoms with E-state index in [1.807, 2.05) is 0 Å². The van der Waals surface area contributed by atoms with Gasteiger partial charge in [-0.15, -0.1) is 0 Å². The van der Waals surface area contributed by atoms with E-state index in [1.54, 1.807) is 38.1 Å². The molecular weight excluding hydrogens is 398 g/mol. The summed E-state index contributed by atoms with van der Waals surface area (Å²) in [7, 11) is 3.04. The molecule has 0 aliphatic carbocycles. The second kappa shape index (κ2) is 11.1. The van der Waals surface area contributed by atoms with E-state index in [4.69, 9.17) is 30.5 Å². The summed E-state index contributed by atoms with van der Waals surface area (Å²) in [5, 5.41) is 0.442. The average Bonchev–Trinajstić information content (AvgIpc) is 2.68. The molecule has 0 saturated heterocycles. The maximum absolute atomic E-state index is 12.9. The minimum atomic E-state index is -0.805. The van der Waals surface area contributed by atoms with E-state index < -0.39 is 23.8 Å². The summed E-state index contributed by atoms with van der Waals surface area (Å²) in [6.07, 6.45) is 0. The summed E-state index contributed by atoms with van der Waals surface area (Å²) in [6, 6.07) is 7.10. The van der Waals surface area contributed by atoms with Crippen molar-refractivity contribution in [1.29, 1.82) is 0 Å². The smallest absolute Gasteiger partial charge is 0.336 e. The molecule has 29 heavy (non-hydrogen) atoms. The Bertz CT molecular complexity index is 804. The Morgan fingerprint density at radius 1 is 1.00 bits per heavy atom. The van der Waals surface area contributed by atoms with Gasteiger partial charge in [0.15, 0.2) is 0 Å². The first-order chi connectivity index (χ1) is 13.9. The highest BCUT2D eigenvalue weighted by Gasteiger charge is 2.43. The van der Waals surface area contributed by atoms with Crippen molar-refractivity contribution in [3.63, 3.8) is 0 Å². The highest BCUT2D eigenvalue weighted by atomic mass is 35.5. The average molecular weight is 424 g/mol. The van der Waals surface area contributed by atoms with Crippen LogP contribution in [0.15, 0.2) is 40.5 Å². The Morgan fingerprint density at radius 3 is 2.24 bits per heavy atom. The molecule has 0 aromatic heterocycles. The molecule has 1 aliphatic rings. The van der Waals surface area contributed by atoms with Crippen LogP contribution in [0.3, 0.4) is 0 Å². The molecule has 0 spiro atoms. The molecule has 2 rings (SSSR count). The van der Waals surface area contributed by atoms with Gasteiger partial charge in [-0.3, -0.25) is 9.79 Å². The van der Waals surface area contributed by atoms with Gasteiger partial charge >= 0.3 is 11.9 Å². The van der Waals surface area contributed by atoms with Gasteiger partial charge in [0, 0.05) is 36.6 Å². The summed E-state index contributed by atoms with van der Waals surface area (Å²) in [5.74, 6) is -2.54. The molecule has 0 radical (unpaired) electrons. The van der Waals surface area contributed by atoms with E-state index in [0.29, 0.717) is 22.0 Å². The number of nitrogens with zero attached hydrogens (tertiary/aromatic N) is 1. The van der Waals surface area contributed by atoms with Crippen molar-refractivity contribution in [3.05, 3.63) is 46.1 Å². The second-order valence-electron chi connectivity index (χ2n) is 6.52. The Balaban J connectivity index is 2.48.